The van der Waals surface area contributed by atoms with Crippen LogP contribution in [0.4, 0.5) is 10.1 Å². The van der Waals surface area contributed by atoms with Gasteiger partial charge in [0.15, 0.2) is 9.84 Å². The number of carbonyl (C=O) groups is 1. The number of piperazine rings is 1. The highest BCUT2D eigenvalue weighted by atomic mass is 32.2. The predicted octanol–water partition coefficient (Wildman–Crippen LogP) is 4.04. The smallest absolute Gasteiger partial charge is 0.251 e. The third-order valence-corrected chi connectivity index (χ3v) is 8.03. The van der Waals surface area contributed by atoms with Crippen LogP contribution >= 0.6 is 0 Å². The number of nitrogens with zero attached hydrogens (tertiary/aromatic N) is 2. The second-order valence-corrected chi connectivity index (χ2v) is 10.9. The molecular formula is C27H30FN3O3S. The van der Waals surface area contributed by atoms with Gasteiger partial charge in [-0.05, 0) is 62.0 Å². The van der Waals surface area contributed by atoms with Crippen molar-refractivity contribution in [2.45, 2.75) is 23.6 Å². The van der Waals surface area contributed by atoms with Crippen molar-refractivity contribution < 1.29 is 17.6 Å². The van der Waals surface area contributed by atoms with E-state index in [-0.39, 0.29) is 22.4 Å². The molecule has 1 heterocycles. The lowest BCUT2D eigenvalue weighted by atomic mass is 10.0. The zero-order valence-electron chi connectivity index (χ0n) is 19.9. The van der Waals surface area contributed by atoms with E-state index >= 15 is 0 Å². The quantitative estimate of drug-likeness (QED) is 0.536. The molecule has 1 saturated heterocycles. The topological polar surface area (TPSA) is 69.7 Å². The summed E-state index contributed by atoms with van der Waals surface area (Å²) in [6.07, 6.45) is 0. The van der Waals surface area contributed by atoms with Crippen LogP contribution in [0.15, 0.2) is 77.7 Å². The Morgan fingerprint density at radius 3 is 2.29 bits per heavy atom. The van der Waals surface area contributed by atoms with Gasteiger partial charge < -0.3 is 15.1 Å². The van der Waals surface area contributed by atoms with Gasteiger partial charge >= 0.3 is 0 Å². The van der Waals surface area contributed by atoms with Gasteiger partial charge in [-0.2, -0.15) is 0 Å². The molecule has 1 atom stereocenters. The van der Waals surface area contributed by atoms with Crippen LogP contribution in [0.3, 0.4) is 0 Å². The van der Waals surface area contributed by atoms with Gasteiger partial charge in [0.1, 0.15) is 5.82 Å². The van der Waals surface area contributed by atoms with Gasteiger partial charge in [-0.3, -0.25) is 4.79 Å². The zero-order valence-corrected chi connectivity index (χ0v) is 20.8. The summed E-state index contributed by atoms with van der Waals surface area (Å²) in [5, 5.41) is 2.96. The standard InChI is InChI=1S/C27H30FN3O3S/c1-20(25-18-23(28)12-13-26(25)31-16-14-30(2)15-17-31)29-27(32)22-10-8-21(9-11-22)19-35(33,34)24-6-4-3-5-7-24/h3-13,18,20H,14-17,19H2,1-2H3,(H,29,32). The van der Waals surface area contributed by atoms with E-state index in [4.69, 9.17) is 0 Å². The minimum absolute atomic E-state index is 0.146. The van der Waals surface area contributed by atoms with E-state index in [9.17, 15) is 17.6 Å². The van der Waals surface area contributed by atoms with Gasteiger partial charge in [0.25, 0.3) is 5.91 Å². The number of hydrogen-bond donors (Lipinski definition) is 1. The highest BCUT2D eigenvalue weighted by Crippen LogP contribution is 2.28. The average molecular weight is 496 g/mol. The molecule has 0 bridgehead atoms. The Bertz CT molecular complexity index is 1270. The number of hydrogen-bond acceptors (Lipinski definition) is 5. The Morgan fingerprint density at radius 2 is 1.63 bits per heavy atom. The number of anilines is 1. The molecule has 35 heavy (non-hydrogen) atoms. The lowest BCUT2D eigenvalue weighted by molar-refractivity contribution is 0.0940. The first-order valence-electron chi connectivity index (χ1n) is 11.6. The van der Waals surface area contributed by atoms with Crippen molar-refractivity contribution in [3.05, 3.63) is 95.3 Å². The van der Waals surface area contributed by atoms with Crippen LogP contribution in [0.1, 0.15) is 34.5 Å². The third-order valence-electron chi connectivity index (χ3n) is 6.32. The molecule has 0 saturated carbocycles. The van der Waals surface area contributed by atoms with Gasteiger partial charge in [0.05, 0.1) is 16.7 Å². The van der Waals surface area contributed by atoms with Crippen LogP contribution < -0.4 is 10.2 Å². The van der Waals surface area contributed by atoms with E-state index in [0.29, 0.717) is 11.1 Å². The zero-order chi connectivity index (χ0) is 25.0. The van der Waals surface area contributed by atoms with Crippen molar-refractivity contribution >= 4 is 21.4 Å². The van der Waals surface area contributed by atoms with Gasteiger partial charge in [-0.1, -0.05) is 30.3 Å². The summed E-state index contributed by atoms with van der Waals surface area (Å²) in [6.45, 7) is 5.35. The Balaban J connectivity index is 1.45. The van der Waals surface area contributed by atoms with E-state index < -0.39 is 15.9 Å². The van der Waals surface area contributed by atoms with E-state index in [1.165, 1.54) is 12.1 Å². The molecule has 1 unspecified atom stereocenters. The fourth-order valence-corrected chi connectivity index (χ4v) is 5.62. The van der Waals surface area contributed by atoms with E-state index in [0.717, 1.165) is 37.4 Å². The average Bonchev–Trinajstić information content (AvgIpc) is 2.85. The predicted molar refractivity (Wildman–Crippen MR) is 136 cm³/mol. The lowest BCUT2D eigenvalue weighted by Gasteiger charge is -2.36. The number of carbonyl (C=O) groups excluding carboxylic acids is 1. The molecule has 6 nitrogen and oxygen atoms in total. The summed E-state index contributed by atoms with van der Waals surface area (Å²) in [5.41, 5.74) is 2.67. The maximum Gasteiger partial charge on any atom is 0.251 e. The van der Waals surface area contributed by atoms with Gasteiger partial charge in [0.2, 0.25) is 0 Å². The van der Waals surface area contributed by atoms with Gasteiger partial charge in [-0.25, -0.2) is 12.8 Å². The molecule has 1 amide bonds. The number of benzene rings is 3. The Hall–Kier alpha value is -3.23. The minimum Gasteiger partial charge on any atom is -0.369 e. The number of nitrogens with one attached hydrogen (secondary N) is 1. The fraction of sp³-hybridized carbons (Fsp3) is 0.296. The van der Waals surface area contributed by atoms with Gasteiger partial charge in [0, 0.05) is 43.0 Å². The molecule has 1 fully saturated rings. The number of rotatable bonds is 7. The van der Waals surface area contributed by atoms with Crippen LogP contribution in [0.25, 0.3) is 0 Å². The first kappa shape index (κ1) is 24.9. The Kier molecular flexibility index (Phi) is 7.52. The van der Waals surface area contributed by atoms with Crippen LogP contribution in [-0.2, 0) is 15.6 Å². The number of likely N-dealkylation sites (N-methyl/N-ethyl adjacent to an activating group) is 1. The van der Waals surface area contributed by atoms with Gasteiger partial charge in [-0.15, -0.1) is 0 Å². The lowest BCUT2D eigenvalue weighted by Crippen LogP contribution is -2.45. The van der Waals surface area contributed by atoms with Crippen molar-refractivity contribution in [2.75, 3.05) is 38.1 Å². The number of amides is 1. The molecule has 0 aromatic heterocycles. The molecule has 1 N–H and O–H groups in total. The molecular weight excluding hydrogens is 465 g/mol. The summed E-state index contributed by atoms with van der Waals surface area (Å²) in [5.74, 6) is -0.793. The summed E-state index contributed by atoms with van der Waals surface area (Å²) >= 11 is 0. The SMILES string of the molecule is CC(NC(=O)c1ccc(CS(=O)(=O)c2ccccc2)cc1)c1cc(F)ccc1N1CCN(C)CC1. The molecule has 3 aromatic rings. The van der Waals surface area contributed by atoms with Crippen molar-refractivity contribution in [3.8, 4) is 0 Å². The van der Waals surface area contributed by atoms with E-state index in [1.807, 2.05) is 6.92 Å². The largest absolute Gasteiger partial charge is 0.369 e. The first-order valence-corrected chi connectivity index (χ1v) is 13.3. The van der Waals surface area contributed by atoms with Crippen molar-refractivity contribution in [3.63, 3.8) is 0 Å². The van der Waals surface area contributed by atoms with Crippen molar-refractivity contribution in [1.29, 1.82) is 0 Å². The second-order valence-electron chi connectivity index (χ2n) is 8.96. The molecule has 1 aliphatic rings. The molecule has 1 aliphatic heterocycles. The molecule has 3 aromatic carbocycles. The highest BCUT2D eigenvalue weighted by molar-refractivity contribution is 7.90. The third kappa shape index (κ3) is 6.07. The van der Waals surface area contributed by atoms with Crippen LogP contribution in [-0.4, -0.2) is 52.5 Å². The molecule has 184 valence electrons. The molecule has 8 heteroatoms. The fourth-order valence-electron chi connectivity index (χ4n) is 4.25. The minimum atomic E-state index is -3.47. The molecule has 4 rings (SSSR count). The molecule has 0 aliphatic carbocycles. The second kappa shape index (κ2) is 10.6. The summed E-state index contributed by atoms with van der Waals surface area (Å²) in [4.78, 5) is 17.7. The Labute approximate surface area is 206 Å². The summed E-state index contributed by atoms with van der Waals surface area (Å²) in [7, 11) is -1.39. The summed E-state index contributed by atoms with van der Waals surface area (Å²) in [6, 6.07) is 19.1. The van der Waals surface area contributed by atoms with E-state index in [1.54, 1.807) is 60.7 Å². The Morgan fingerprint density at radius 1 is 0.971 bits per heavy atom. The highest BCUT2D eigenvalue weighted by Gasteiger charge is 2.22. The van der Waals surface area contributed by atoms with Crippen LogP contribution in [0.5, 0.6) is 0 Å². The normalized spacial score (nSPS) is 15.6. The van der Waals surface area contributed by atoms with Crippen molar-refractivity contribution in [2.24, 2.45) is 0 Å². The number of sulfone groups is 1. The first-order chi connectivity index (χ1) is 16.7. The molecule has 0 radical (unpaired) electrons. The monoisotopic (exact) mass is 495 g/mol. The summed E-state index contributed by atoms with van der Waals surface area (Å²) < 4.78 is 39.3. The van der Waals surface area contributed by atoms with Crippen LogP contribution in [0, 0.1) is 5.82 Å². The van der Waals surface area contributed by atoms with E-state index in [2.05, 4.69) is 22.2 Å². The maximum absolute atomic E-state index is 14.1. The van der Waals surface area contributed by atoms with Crippen molar-refractivity contribution in [1.82, 2.24) is 10.2 Å². The van der Waals surface area contributed by atoms with Crippen LogP contribution in [0.2, 0.25) is 0 Å². The number of halogens is 1. The maximum atomic E-state index is 14.1. The molecule has 0 spiro atoms.